The molecule has 0 spiro atoms. The number of para-hydroxylation sites is 1. The predicted molar refractivity (Wildman–Crippen MR) is 63.5 cm³/mol. The number of H-pyrrole nitrogens is 2. The van der Waals surface area contributed by atoms with Gasteiger partial charge in [0.1, 0.15) is 11.6 Å². The molecule has 7 nitrogen and oxygen atoms in total. The van der Waals surface area contributed by atoms with E-state index in [-0.39, 0.29) is 23.7 Å². The monoisotopic (exact) mass is 284 g/mol. The molecule has 0 aliphatic carbocycles. The molecule has 0 aliphatic rings. The highest BCUT2D eigenvalue weighted by atomic mass is 19.3. The molecule has 1 amide bonds. The molecule has 0 radical (unpaired) electrons. The SMILES string of the molecule is O=C(NCc1n[nH]c(=O)[nH]1)c1ccccc1OC(F)F. The summed E-state index contributed by atoms with van der Waals surface area (Å²) in [5.41, 5.74) is -0.540. The van der Waals surface area contributed by atoms with E-state index in [9.17, 15) is 18.4 Å². The number of carbonyl (C=O) groups excluding carboxylic acids is 1. The summed E-state index contributed by atoms with van der Waals surface area (Å²) in [5, 5.41) is 8.15. The van der Waals surface area contributed by atoms with Crippen molar-refractivity contribution in [2.24, 2.45) is 0 Å². The average Bonchev–Trinajstić information content (AvgIpc) is 2.82. The van der Waals surface area contributed by atoms with E-state index in [0.717, 1.165) is 0 Å². The molecule has 0 aliphatic heterocycles. The van der Waals surface area contributed by atoms with Gasteiger partial charge in [-0.3, -0.25) is 9.78 Å². The predicted octanol–water partition coefficient (Wildman–Crippen LogP) is 0.629. The van der Waals surface area contributed by atoms with Crippen molar-refractivity contribution in [2.45, 2.75) is 13.2 Å². The third-order valence-corrected chi connectivity index (χ3v) is 2.31. The van der Waals surface area contributed by atoms with Gasteiger partial charge in [-0.15, -0.1) is 0 Å². The molecule has 3 N–H and O–H groups in total. The Bertz CT molecular complexity index is 653. The number of benzene rings is 1. The standard InChI is InChI=1S/C11H10F2N4O3/c12-10(13)20-7-4-2-1-3-6(7)9(18)14-5-8-15-11(19)17-16-8/h1-4,10H,5H2,(H,14,18)(H2,15,16,17,19). The van der Waals surface area contributed by atoms with Gasteiger partial charge >= 0.3 is 12.3 Å². The fourth-order valence-corrected chi connectivity index (χ4v) is 1.50. The maximum absolute atomic E-state index is 12.2. The largest absolute Gasteiger partial charge is 0.434 e. The van der Waals surface area contributed by atoms with Gasteiger partial charge in [-0.05, 0) is 12.1 Å². The van der Waals surface area contributed by atoms with Crippen molar-refractivity contribution < 1.29 is 18.3 Å². The number of hydrogen-bond acceptors (Lipinski definition) is 4. The van der Waals surface area contributed by atoms with Crippen LogP contribution in [0.2, 0.25) is 0 Å². The summed E-state index contributed by atoms with van der Waals surface area (Å²) >= 11 is 0. The van der Waals surface area contributed by atoms with Crippen LogP contribution in [0.4, 0.5) is 8.78 Å². The Balaban J connectivity index is 2.07. The molecule has 9 heteroatoms. The molecule has 1 heterocycles. The molecule has 1 aromatic heterocycles. The maximum Gasteiger partial charge on any atom is 0.387 e. The van der Waals surface area contributed by atoms with Crippen molar-refractivity contribution in [3.05, 3.63) is 46.1 Å². The van der Waals surface area contributed by atoms with E-state index in [1.54, 1.807) is 0 Å². The Labute approximate surface area is 111 Å². The Morgan fingerprint density at radius 1 is 1.40 bits per heavy atom. The van der Waals surface area contributed by atoms with Crippen molar-refractivity contribution in [3.8, 4) is 5.75 Å². The molecule has 0 unspecified atom stereocenters. The number of halogens is 2. The van der Waals surface area contributed by atoms with E-state index in [1.807, 2.05) is 0 Å². The van der Waals surface area contributed by atoms with Crippen LogP contribution in [0.15, 0.2) is 29.1 Å². The van der Waals surface area contributed by atoms with E-state index < -0.39 is 18.2 Å². The molecule has 0 atom stereocenters. The number of nitrogens with one attached hydrogen (secondary N) is 3. The average molecular weight is 284 g/mol. The number of amides is 1. The molecule has 2 aromatic rings. The minimum Gasteiger partial charge on any atom is -0.434 e. The summed E-state index contributed by atoms with van der Waals surface area (Å²) in [5.74, 6) is -0.628. The molecule has 0 fully saturated rings. The topological polar surface area (TPSA) is 99.9 Å². The number of alkyl halides is 2. The number of aromatic amines is 2. The summed E-state index contributed by atoms with van der Waals surface area (Å²) in [6.07, 6.45) is 0. The second kappa shape index (κ2) is 5.95. The third-order valence-electron chi connectivity index (χ3n) is 2.31. The lowest BCUT2D eigenvalue weighted by Gasteiger charge is -2.10. The zero-order valence-electron chi connectivity index (χ0n) is 10.0. The van der Waals surface area contributed by atoms with Crippen LogP contribution in [0, 0.1) is 0 Å². The number of nitrogens with zero attached hydrogens (tertiary/aromatic N) is 1. The number of ether oxygens (including phenoxy) is 1. The summed E-state index contributed by atoms with van der Waals surface area (Å²) in [4.78, 5) is 25.0. The number of rotatable bonds is 5. The van der Waals surface area contributed by atoms with Crippen molar-refractivity contribution in [2.75, 3.05) is 0 Å². The van der Waals surface area contributed by atoms with E-state index >= 15 is 0 Å². The van der Waals surface area contributed by atoms with Gasteiger partial charge in [0, 0.05) is 0 Å². The zero-order valence-corrected chi connectivity index (χ0v) is 10.0. The van der Waals surface area contributed by atoms with Crippen LogP contribution in [0.3, 0.4) is 0 Å². The van der Waals surface area contributed by atoms with Gasteiger partial charge in [0.05, 0.1) is 12.1 Å². The zero-order chi connectivity index (χ0) is 14.5. The van der Waals surface area contributed by atoms with E-state index in [2.05, 4.69) is 25.2 Å². The lowest BCUT2D eigenvalue weighted by Crippen LogP contribution is -2.24. The molecule has 0 saturated carbocycles. The van der Waals surface area contributed by atoms with E-state index in [1.165, 1.54) is 24.3 Å². The van der Waals surface area contributed by atoms with Crippen LogP contribution in [0.5, 0.6) is 5.75 Å². The minimum absolute atomic E-state index is 0.0364. The highest BCUT2D eigenvalue weighted by Crippen LogP contribution is 2.19. The van der Waals surface area contributed by atoms with E-state index in [4.69, 9.17) is 0 Å². The summed E-state index contributed by atoms with van der Waals surface area (Å²) < 4.78 is 28.7. The Hall–Kier alpha value is -2.71. The van der Waals surface area contributed by atoms with E-state index in [0.29, 0.717) is 0 Å². The number of hydrogen-bond donors (Lipinski definition) is 3. The number of aromatic nitrogens is 3. The Morgan fingerprint density at radius 2 is 2.15 bits per heavy atom. The lowest BCUT2D eigenvalue weighted by atomic mass is 10.2. The smallest absolute Gasteiger partial charge is 0.387 e. The Kier molecular flexibility index (Phi) is 4.08. The molecule has 20 heavy (non-hydrogen) atoms. The molecular formula is C11H10F2N4O3. The first kappa shape index (κ1) is 13.7. The maximum atomic E-state index is 12.2. The van der Waals surface area contributed by atoms with Crippen molar-refractivity contribution in [3.63, 3.8) is 0 Å². The quantitative estimate of drug-likeness (QED) is 0.749. The van der Waals surface area contributed by atoms with Crippen LogP contribution in [0.25, 0.3) is 0 Å². The fraction of sp³-hybridized carbons (Fsp3) is 0.182. The lowest BCUT2D eigenvalue weighted by molar-refractivity contribution is -0.0501. The van der Waals surface area contributed by atoms with Gasteiger partial charge in [-0.25, -0.2) is 9.89 Å². The van der Waals surface area contributed by atoms with Gasteiger partial charge in [0.25, 0.3) is 5.91 Å². The van der Waals surface area contributed by atoms with Gasteiger partial charge in [0.15, 0.2) is 0 Å². The minimum atomic E-state index is -3.02. The summed E-state index contributed by atoms with van der Waals surface area (Å²) in [7, 11) is 0. The second-order valence-corrected chi connectivity index (χ2v) is 3.68. The first-order valence-electron chi connectivity index (χ1n) is 5.52. The van der Waals surface area contributed by atoms with Crippen LogP contribution in [-0.4, -0.2) is 27.7 Å². The molecule has 106 valence electrons. The first-order valence-corrected chi connectivity index (χ1v) is 5.52. The first-order chi connectivity index (χ1) is 9.56. The van der Waals surface area contributed by atoms with Gasteiger partial charge < -0.3 is 10.1 Å². The second-order valence-electron chi connectivity index (χ2n) is 3.68. The van der Waals surface area contributed by atoms with Crippen molar-refractivity contribution in [1.29, 1.82) is 0 Å². The third kappa shape index (κ3) is 3.40. The summed E-state index contributed by atoms with van der Waals surface area (Å²) in [6, 6.07) is 5.60. The van der Waals surface area contributed by atoms with Gasteiger partial charge in [-0.1, -0.05) is 12.1 Å². The highest BCUT2D eigenvalue weighted by molar-refractivity contribution is 5.96. The van der Waals surface area contributed by atoms with Crippen molar-refractivity contribution in [1.82, 2.24) is 20.5 Å². The molecule has 0 saturated heterocycles. The highest BCUT2D eigenvalue weighted by Gasteiger charge is 2.15. The number of carbonyl (C=O) groups is 1. The fourth-order valence-electron chi connectivity index (χ4n) is 1.50. The van der Waals surface area contributed by atoms with Crippen LogP contribution in [0.1, 0.15) is 16.2 Å². The molecule has 2 rings (SSSR count). The van der Waals surface area contributed by atoms with Gasteiger partial charge in [0.2, 0.25) is 0 Å². The molecule has 1 aromatic carbocycles. The van der Waals surface area contributed by atoms with Crippen LogP contribution in [-0.2, 0) is 6.54 Å². The Morgan fingerprint density at radius 3 is 2.80 bits per heavy atom. The summed E-state index contributed by atoms with van der Waals surface area (Å²) in [6.45, 7) is -3.08. The van der Waals surface area contributed by atoms with Crippen LogP contribution >= 0.6 is 0 Å². The molecule has 0 bridgehead atoms. The normalized spacial score (nSPS) is 10.6. The van der Waals surface area contributed by atoms with Crippen LogP contribution < -0.4 is 15.7 Å². The van der Waals surface area contributed by atoms with Gasteiger partial charge in [-0.2, -0.15) is 13.9 Å². The van der Waals surface area contributed by atoms with Crippen molar-refractivity contribution >= 4 is 5.91 Å². The molecular weight excluding hydrogens is 274 g/mol.